The first-order valence-corrected chi connectivity index (χ1v) is 6.58. The molecule has 0 heteroatoms. The highest BCUT2D eigenvalue weighted by Gasteiger charge is 2.26. The molecule has 0 saturated heterocycles. The fraction of sp³-hybridized carbons (Fsp3) is 1.00. The molecule has 0 aromatic rings. The maximum Gasteiger partial charge on any atom is -0.0331 e. The van der Waals surface area contributed by atoms with Gasteiger partial charge in [0.25, 0.3) is 0 Å². The number of hydrogen-bond acceptors (Lipinski definition) is 0. The fourth-order valence-corrected chi connectivity index (χ4v) is 2.40. The molecule has 2 unspecified atom stereocenters. The summed E-state index contributed by atoms with van der Waals surface area (Å²) in [7, 11) is 0. The molecule has 0 bridgehead atoms. The lowest BCUT2D eigenvalue weighted by molar-refractivity contribution is 0.168. The van der Waals surface area contributed by atoms with Crippen molar-refractivity contribution in [3.05, 3.63) is 0 Å². The molecule has 2 atom stereocenters. The van der Waals surface area contributed by atoms with Gasteiger partial charge in [0.05, 0.1) is 0 Å². The van der Waals surface area contributed by atoms with Crippen molar-refractivity contribution in [2.45, 2.75) is 74.7 Å². The van der Waals surface area contributed by atoms with Gasteiger partial charge in [0.1, 0.15) is 0 Å². The van der Waals surface area contributed by atoms with Gasteiger partial charge in [-0.1, -0.05) is 61.8 Å². The second-order valence-electron chi connectivity index (χ2n) is 7.35. The van der Waals surface area contributed by atoms with Crippen molar-refractivity contribution >= 4 is 0 Å². The Morgan fingerprint density at radius 1 is 0.933 bits per heavy atom. The fourth-order valence-electron chi connectivity index (χ4n) is 2.40. The largest absolute Gasteiger partial charge is 0.0649 e. The zero-order chi connectivity index (χ0) is 12.3. The van der Waals surface area contributed by atoms with Gasteiger partial charge < -0.3 is 0 Å². The van der Waals surface area contributed by atoms with E-state index < -0.39 is 0 Å². The Labute approximate surface area is 97.8 Å². The van der Waals surface area contributed by atoms with Gasteiger partial charge in [0.15, 0.2) is 0 Å². The molecule has 0 nitrogen and oxygen atoms in total. The van der Waals surface area contributed by atoms with Crippen molar-refractivity contribution < 1.29 is 0 Å². The molecule has 0 fully saturated rings. The van der Waals surface area contributed by atoms with E-state index in [9.17, 15) is 0 Å². The highest BCUT2D eigenvalue weighted by molar-refractivity contribution is 4.77. The summed E-state index contributed by atoms with van der Waals surface area (Å²) in [5.74, 6) is 1.69. The van der Waals surface area contributed by atoms with Crippen LogP contribution in [0.5, 0.6) is 0 Å². The summed E-state index contributed by atoms with van der Waals surface area (Å²) in [5, 5.41) is 0. The molecule has 0 amide bonds. The van der Waals surface area contributed by atoms with Crippen LogP contribution in [0.15, 0.2) is 0 Å². The first-order valence-electron chi connectivity index (χ1n) is 6.58. The van der Waals surface area contributed by atoms with Crippen LogP contribution < -0.4 is 0 Å². The van der Waals surface area contributed by atoms with E-state index in [1.54, 1.807) is 0 Å². The molecule has 0 rings (SSSR count). The van der Waals surface area contributed by atoms with E-state index in [0.29, 0.717) is 10.8 Å². The minimum atomic E-state index is 0.482. The van der Waals surface area contributed by atoms with Crippen molar-refractivity contribution in [3.63, 3.8) is 0 Å². The van der Waals surface area contributed by atoms with Crippen molar-refractivity contribution in [1.29, 1.82) is 0 Å². The Bertz CT molecular complexity index is 171. The van der Waals surface area contributed by atoms with Gasteiger partial charge in [-0.05, 0) is 35.5 Å². The third-order valence-electron chi connectivity index (χ3n) is 3.96. The second-order valence-corrected chi connectivity index (χ2v) is 7.35. The minimum Gasteiger partial charge on any atom is -0.0649 e. The van der Waals surface area contributed by atoms with Crippen LogP contribution in [-0.4, -0.2) is 0 Å². The minimum absolute atomic E-state index is 0.482. The molecular weight excluding hydrogens is 180 g/mol. The molecule has 0 aliphatic heterocycles. The highest BCUT2D eigenvalue weighted by atomic mass is 14.3. The molecule has 0 radical (unpaired) electrons. The Morgan fingerprint density at radius 3 is 1.73 bits per heavy atom. The average Bonchev–Trinajstić information content (AvgIpc) is 2.00. The summed E-state index contributed by atoms with van der Waals surface area (Å²) >= 11 is 0. The van der Waals surface area contributed by atoms with E-state index in [1.165, 1.54) is 19.3 Å². The highest BCUT2D eigenvalue weighted by Crippen LogP contribution is 2.37. The summed E-state index contributed by atoms with van der Waals surface area (Å²) < 4.78 is 0. The quantitative estimate of drug-likeness (QED) is 0.563. The van der Waals surface area contributed by atoms with Gasteiger partial charge in [-0.25, -0.2) is 0 Å². The zero-order valence-corrected chi connectivity index (χ0v) is 12.3. The maximum atomic E-state index is 2.42. The first-order chi connectivity index (χ1) is 6.58. The van der Waals surface area contributed by atoms with Crippen LogP contribution in [0.2, 0.25) is 0 Å². The van der Waals surface area contributed by atoms with Gasteiger partial charge in [-0.2, -0.15) is 0 Å². The second kappa shape index (κ2) is 5.37. The van der Waals surface area contributed by atoms with Gasteiger partial charge >= 0.3 is 0 Å². The van der Waals surface area contributed by atoms with Gasteiger partial charge in [-0.15, -0.1) is 0 Å². The molecule has 0 aliphatic carbocycles. The van der Waals surface area contributed by atoms with E-state index in [0.717, 1.165) is 11.8 Å². The Balaban J connectivity index is 4.13. The molecule has 0 aromatic heterocycles. The van der Waals surface area contributed by atoms with Crippen molar-refractivity contribution in [2.24, 2.45) is 22.7 Å². The molecule has 0 aromatic carbocycles. The smallest absolute Gasteiger partial charge is 0.0331 e. The van der Waals surface area contributed by atoms with E-state index in [1.807, 2.05) is 0 Å². The molecular formula is C15H32. The molecule has 0 N–H and O–H groups in total. The van der Waals surface area contributed by atoms with E-state index in [-0.39, 0.29) is 0 Å². The van der Waals surface area contributed by atoms with E-state index in [4.69, 9.17) is 0 Å². The molecule has 0 spiro atoms. The lowest BCUT2D eigenvalue weighted by Crippen LogP contribution is -2.24. The summed E-state index contributed by atoms with van der Waals surface area (Å²) in [5.41, 5.74) is 0.988. The number of rotatable bonds is 5. The van der Waals surface area contributed by atoms with Crippen LogP contribution in [-0.2, 0) is 0 Å². The number of hydrogen-bond donors (Lipinski definition) is 0. The molecule has 0 heterocycles. The Hall–Kier alpha value is 0. The van der Waals surface area contributed by atoms with Gasteiger partial charge in [-0.3, -0.25) is 0 Å². The molecule has 0 aliphatic rings. The third-order valence-corrected chi connectivity index (χ3v) is 3.96. The summed E-state index contributed by atoms with van der Waals surface area (Å²) in [6, 6.07) is 0. The average molecular weight is 212 g/mol. The van der Waals surface area contributed by atoms with Crippen LogP contribution in [0.1, 0.15) is 74.7 Å². The third kappa shape index (κ3) is 6.22. The first kappa shape index (κ1) is 15.0. The van der Waals surface area contributed by atoms with E-state index in [2.05, 4.69) is 55.4 Å². The Morgan fingerprint density at radius 2 is 1.40 bits per heavy atom. The SMILES string of the molecule is CCC(C)(C)C(C)CC(C)CC(C)(C)C. The van der Waals surface area contributed by atoms with Crippen LogP contribution in [0.3, 0.4) is 0 Å². The maximum absolute atomic E-state index is 2.42. The van der Waals surface area contributed by atoms with Crippen molar-refractivity contribution in [3.8, 4) is 0 Å². The normalized spacial score (nSPS) is 17.6. The predicted octanol–water partition coefficient (Wildman–Crippen LogP) is 5.52. The topological polar surface area (TPSA) is 0 Å². The van der Waals surface area contributed by atoms with Gasteiger partial charge in [0, 0.05) is 0 Å². The van der Waals surface area contributed by atoms with Crippen LogP contribution in [0.4, 0.5) is 0 Å². The Kier molecular flexibility index (Phi) is 5.37. The molecule has 15 heavy (non-hydrogen) atoms. The lowest BCUT2D eigenvalue weighted by Gasteiger charge is -2.34. The standard InChI is InChI=1S/C15H32/c1-9-15(7,8)13(3)10-12(2)11-14(4,5)6/h12-13H,9-11H2,1-8H3. The van der Waals surface area contributed by atoms with Crippen molar-refractivity contribution in [2.75, 3.05) is 0 Å². The van der Waals surface area contributed by atoms with Crippen LogP contribution in [0.25, 0.3) is 0 Å². The monoisotopic (exact) mass is 212 g/mol. The molecule has 0 saturated carbocycles. The van der Waals surface area contributed by atoms with Crippen LogP contribution >= 0.6 is 0 Å². The molecule has 92 valence electrons. The lowest BCUT2D eigenvalue weighted by atomic mass is 9.72. The van der Waals surface area contributed by atoms with Gasteiger partial charge in [0.2, 0.25) is 0 Å². The summed E-state index contributed by atoms with van der Waals surface area (Å²) in [4.78, 5) is 0. The predicted molar refractivity (Wildman–Crippen MR) is 71.1 cm³/mol. The van der Waals surface area contributed by atoms with Crippen molar-refractivity contribution in [1.82, 2.24) is 0 Å². The summed E-state index contributed by atoms with van der Waals surface area (Å²) in [6.07, 6.45) is 4.01. The summed E-state index contributed by atoms with van der Waals surface area (Å²) in [6.45, 7) is 19.0. The van der Waals surface area contributed by atoms with Crippen LogP contribution in [0, 0.1) is 22.7 Å². The van der Waals surface area contributed by atoms with E-state index >= 15 is 0 Å². The zero-order valence-electron chi connectivity index (χ0n) is 12.3.